The van der Waals surface area contributed by atoms with Crippen LogP contribution in [-0.4, -0.2) is 43.7 Å². The van der Waals surface area contributed by atoms with Crippen molar-refractivity contribution < 1.29 is 13.2 Å². The van der Waals surface area contributed by atoms with Crippen LogP contribution in [-0.2, 0) is 0 Å². The average molecular weight is 480 g/mol. The van der Waals surface area contributed by atoms with E-state index in [1.807, 2.05) is 13.0 Å². The van der Waals surface area contributed by atoms with Crippen molar-refractivity contribution >= 4 is 17.4 Å². The molecule has 2 fully saturated rings. The first-order chi connectivity index (χ1) is 17.0. The van der Waals surface area contributed by atoms with Gasteiger partial charge in [-0.3, -0.25) is 0 Å². The monoisotopic (exact) mass is 479 g/mol. The van der Waals surface area contributed by atoms with Gasteiger partial charge in [0.15, 0.2) is 23.1 Å². The number of fused-ring (bicyclic) bond motifs is 3. The molecule has 2 bridgehead atoms. The fraction of sp³-hybridized carbons (Fsp3) is 0.360. The van der Waals surface area contributed by atoms with Crippen molar-refractivity contribution in [3.05, 3.63) is 66.0 Å². The van der Waals surface area contributed by atoms with Crippen LogP contribution in [0.4, 0.5) is 24.9 Å². The van der Waals surface area contributed by atoms with Crippen molar-refractivity contribution in [1.29, 1.82) is 0 Å². The third-order valence-corrected chi connectivity index (χ3v) is 7.17. The Labute approximate surface area is 200 Å². The van der Waals surface area contributed by atoms with Crippen molar-refractivity contribution in [3.63, 3.8) is 0 Å². The zero-order chi connectivity index (χ0) is 24.1. The second-order valence-corrected chi connectivity index (χ2v) is 9.39. The van der Waals surface area contributed by atoms with Crippen molar-refractivity contribution in [1.82, 2.24) is 24.6 Å². The van der Waals surface area contributed by atoms with Gasteiger partial charge in [-0.2, -0.15) is 4.98 Å². The predicted molar refractivity (Wildman–Crippen MR) is 126 cm³/mol. The Morgan fingerprint density at radius 3 is 2.54 bits per heavy atom. The molecule has 35 heavy (non-hydrogen) atoms. The summed E-state index contributed by atoms with van der Waals surface area (Å²) in [6, 6.07) is 7.66. The second-order valence-electron chi connectivity index (χ2n) is 9.39. The minimum absolute atomic E-state index is 0.0567. The van der Waals surface area contributed by atoms with Crippen molar-refractivity contribution in [3.8, 4) is 11.1 Å². The fourth-order valence-electron chi connectivity index (χ4n) is 5.53. The van der Waals surface area contributed by atoms with E-state index in [0.717, 1.165) is 43.5 Å². The van der Waals surface area contributed by atoms with Gasteiger partial charge in [0.1, 0.15) is 12.1 Å². The van der Waals surface area contributed by atoms with E-state index in [2.05, 4.69) is 30.3 Å². The molecule has 1 aliphatic carbocycles. The molecule has 3 atom stereocenters. The molecule has 0 radical (unpaired) electrons. The summed E-state index contributed by atoms with van der Waals surface area (Å²) in [6.45, 7) is 3.72. The third kappa shape index (κ3) is 3.86. The number of nitrogens with one attached hydrogen (secondary N) is 1. The zero-order valence-corrected chi connectivity index (χ0v) is 19.1. The van der Waals surface area contributed by atoms with Crippen LogP contribution < -0.4 is 10.2 Å². The lowest BCUT2D eigenvalue weighted by atomic mass is 9.73. The molecule has 0 spiro atoms. The van der Waals surface area contributed by atoms with Gasteiger partial charge in [0.05, 0.1) is 0 Å². The lowest BCUT2D eigenvalue weighted by molar-refractivity contribution is 0.203. The number of piperidine rings is 1. The number of anilines is 2. The van der Waals surface area contributed by atoms with Crippen molar-refractivity contribution in [2.45, 2.75) is 32.2 Å². The highest BCUT2D eigenvalue weighted by Gasteiger charge is 2.40. The average Bonchev–Trinajstić information content (AvgIpc) is 3.25. The maximum absolute atomic E-state index is 14.5. The lowest BCUT2D eigenvalue weighted by Crippen LogP contribution is -2.55. The summed E-state index contributed by atoms with van der Waals surface area (Å²) in [5.41, 5.74) is 1.61. The van der Waals surface area contributed by atoms with E-state index in [-0.39, 0.29) is 11.6 Å². The summed E-state index contributed by atoms with van der Waals surface area (Å²) >= 11 is 0. The number of pyridine rings is 1. The summed E-state index contributed by atoms with van der Waals surface area (Å²) in [6.07, 6.45) is 6.68. The van der Waals surface area contributed by atoms with Gasteiger partial charge in [0.2, 0.25) is 5.95 Å². The molecule has 1 aliphatic heterocycles. The molecule has 2 aliphatic rings. The Morgan fingerprint density at radius 1 is 0.971 bits per heavy atom. The van der Waals surface area contributed by atoms with Gasteiger partial charge >= 0.3 is 0 Å². The Bertz CT molecular complexity index is 1390. The quantitative estimate of drug-likeness (QED) is 0.431. The second kappa shape index (κ2) is 8.51. The summed E-state index contributed by atoms with van der Waals surface area (Å²) in [4.78, 5) is 15.6. The van der Waals surface area contributed by atoms with Crippen molar-refractivity contribution in [2.24, 2.45) is 11.8 Å². The van der Waals surface area contributed by atoms with E-state index in [0.29, 0.717) is 29.0 Å². The number of benzene rings is 1. The van der Waals surface area contributed by atoms with E-state index in [1.165, 1.54) is 17.0 Å². The minimum Gasteiger partial charge on any atom is -0.356 e. The molecule has 3 aromatic heterocycles. The van der Waals surface area contributed by atoms with Gasteiger partial charge in [-0.05, 0) is 55.9 Å². The van der Waals surface area contributed by atoms with E-state index < -0.39 is 17.5 Å². The first-order valence-electron chi connectivity index (χ1n) is 11.8. The molecule has 1 saturated carbocycles. The summed E-state index contributed by atoms with van der Waals surface area (Å²) in [5.74, 6) is -1.78. The number of aryl methyl sites for hydroxylation is 1. The minimum atomic E-state index is -1.50. The van der Waals surface area contributed by atoms with Crippen LogP contribution in [0.1, 0.15) is 25.0 Å². The highest BCUT2D eigenvalue weighted by Crippen LogP contribution is 2.38. The first-order valence-corrected chi connectivity index (χ1v) is 11.8. The molecule has 1 aromatic carbocycles. The molecule has 4 aromatic rings. The van der Waals surface area contributed by atoms with Crippen molar-refractivity contribution in [2.75, 3.05) is 23.3 Å². The predicted octanol–water partition coefficient (Wildman–Crippen LogP) is 4.63. The zero-order valence-electron chi connectivity index (χ0n) is 19.1. The lowest BCUT2D eigenvalue weighted by Gasteiger charge is -2.47. The van der Waals surface area contributed by atoms with Crippen LogP contribution in [0.25, 0.3) is 16.8 Å². The Kier molecular flexibility index (Phi) is 5.31. The Hall–Kier alpha value is -3.69. The molecule has 0 amide bonds. The molecule has 1 N–H and O–H groups in total. The van der Waals surface area contributed by atoms with Gasteiger partial charge in [-0.15, -0.1) is 5.10 Å². The highest BCUT2D eigenvalue weighted by molar-refractivity contribution is 5.78. The molecular formula is C25H24F3N7. The maximum Gasteiger partial charge on any atom is 0.243 e. The Balaban J connectivity index is 1.29. The fourth-order valence-corrected chi connectivity index (χ4v) is 5.53. The molecular weight excluding hydrogens is 455 g/mol. The van der Waals surface area contributed by atoms with Crippen LogP contribution in [0.3, 0.4) is 0 Å². The largest absolute Gasteiger partial charge is 0.356 e. The topological polar surface area (TPSA) is 71.2 Å². The molecule has 4 heterocycles. The van der Waals surface area contributed by atoms with Crippen LogP contribution in [0.15, 0.2) is 42.9 Å². The molecule has 1 unspecified atom stereocenters. The number of nitrogens with zero attached hydrogens (tertiary/aromatic N) is 6. The summed E-state index contributed by atoms with van der Waals surface area (Å²) in [5, 5.41) is 8.09. The smallest absolute Gasteiger partial charge is 0.243 e. The number of hydrogen-bond donors (Lipinski definition) is 1. The van der Waals surface area contributed by atoms with Gasteiger partial charge < -0.3 is 10.2 Å². The number of halogens is 3. The maximum atomic E-state index is 14.5. The van der Waals surface area contributed by atoms with Crippen LogP contribution in [0, 0.1) is 36.2 Å². The number of rotatable bonds is 4. The molecule has 7 nitrogen and oxygen atoms in total. The van der Waals surface area contributed by atoms with Crippen LogP contribution >= 0.6 is 0 Å². The first kappa shape index (κ1) is 21.8. The van der Waals surface area contributed by atoms with Crippen LogP contribution in [0.2, 0.25) is 0 Å². The van der Waals surface area contributed by atoms with E-state index >= 15 is 0 Å². The third-order valence-electron chi connectivity index (χ3n) is 7.17. The highest BCUT2D eigenvalue weighted by atomic mass is 19.2. The molecule has 10 heteroatoms. The molecule has 6 rings (SSSR count). The molecule has 180 valence electrons. The Morgan fingerprint density at radius 2 is 1.77 bits per heavy atom. The standard InChI is InChI=1S/C25H24F3N7/c1-14-10-20(30-13-29-14)34-11-15-4-2-5-16(12-34)23(15)31-25-32-24-18(6-3-9-35(24)33-25)17-7-8-19(26)22(28)21(17)27/h3,6-10,13,15-16,23H,2,4-5,11-12H2,1H3,(H,31,33)/t15-,16+,23?. The molecule has 1 saturated heterocycles. The van der Waals surface area contributed by atoms with E-state index in [9.17, 15) is 13.2 Å². The number of aromatic nitrogens is 5. The van der Waals surface area contributed by atoms with Gasteiger partial charge in [-0.25, -0.2) is 27.7 Å². The van der Waals surface area contributed by atoms with Gasteiger partial charge in [0.25, 0.3) is 0 Å². The normalized spacial score (nSPS) is 21.9. The van der Waals surface area contributed by atoms with Crippen LogP contribution in [0.5, 0.6) is 0 Å². The number of hydrogen-bond acceptors (Lipinski definition) is 6. The van der Waals surface area contributed by atoms with Gasteiger partial charge in [-0.1, -0.05) is 6.42 Å². The van der Waals surface area contributed by atoms with E-state index in [1.54, 1.807) is 24.7 Å². The SMILES string of the molecule is Cc1cc(N2C[C@H]3CCC[C@@H](C2)C3Nc2nc3c(-c4ccc(F)c(F)c4F)cccn3n2)ncn1. The van der Waals surface area contributed by atoms with Gasteiger partial charge in [0, 0.05) is 48.2 Å². The van der Waals surface area contributed by atoms with E-state index in [4.69, 9.17) is 0 Å². The summed E-state index contributed by atoms with van der Waals surface area (Å²) in [7, 11) is 0. The summed E-state index contributed by atoms with van der Waals surface area (Å²) < 4.78 is 43.4.